The maximum absolute atomic E-state index is 13.9. The molecule has 11 heteroatoms. The van der Waals surface area contributed by atoms with E-state index >= 15 is 0 Å². The third-order valence-electron chi connectivity index (χ3n) is 3.58. The van der Waals surface area contributed by atoms with Crippen LogP contribution < -0.4 is 14.9 Å². The molecule has 1 aliphatic carbocycles. The number of benzene rings is 1. The summed E-state index contributed by atoms with van der Waals surface area (Å²) >= 11 is 0. The number of hydrogen-bond donors (Lipinski definition) is 1. The zero-order valence-electron chi connectivity index (χ0n) is 12.0. The molecule has 0 radical (unpaired) electrons. The third kappa shape index (κ3) is 2.96. The summed E-state index contributed by atoms with van der Waals surface area (Å²) in [5, 5.41) is 7.94. The Hall–Kier alpha value is -2.85. The van der Waals surface area contributed by atoms with Gasteiger partial charge < -0.3 is 19.1 Å². The van der Waals surface area contributed by atoms with Crippen LogP contribution in [0, 0.1) is 11.6 Å². The minimum Gasteiger partial charge on any atom is -0.449 e. The fourth-order valence-electron chi connectivity index (χ4n) is 2.47. The van der Waals surface area contributed by atoms with Gasteiger partial charge in [-0.15, -0.1) is 0 Å². The molecule has 0 unspecified atom stereocenters. The van der Waals surface area contributed by atoms with E-state index < -0.39 is 64.4 Å². The molecule has 0 amide bonds. The number of fused-ring (bicyclic) bond motifs is 1. The first kappa shape index (κ1) is 17.0. The fraction of sp³-hybridized carbons (Fsp3) is 0.286. The number of hydrogen-bond acceptors (Lipinski definition) is 4. The number of carboxylic acid groups (broad SMARTS) is 1. The smallest absolute Gasteiger partial charge is 0.449 e. The van der Waals surface area contributed by atoms with Crippen LogP contribution in [0.4, 0.5) is 26.7 Å². The molecule has 1 aromatic heterocycles. The fourth-order valence-corrected chi connectivity index (χ4v) is 2.47. The number of nitrogens with zero attached hydrogens (tertiary/aromatic N) is 1. The van der Waals surface area contributed by atoms with Crippen LogP contribution in [0.1, 0.15) is 12.5 Å². The van der Waals surface area contributed by atoms with Crippen LogP contribution >= 0.6 is 0 Å². The highest BCUT2D eigenvalue weighted by Gasteiger charge is 2.41. The lowest BCUT2D eigenvalue weighted by Crippen LogP contribution is -2.18. The molecule has 1 fully saturated rings. The van der Waals surface area contributed by atoms with E-state index in [9.17, 15) is 31.5 Å². The van der Waals surface area contributed by atoms with Crippen molar-refractivity contribution in [1.29, 1.82) is 0 Å². The number of rotatable bonds is 4. The highest BCUT2D eigenvalue weighted by Crippen LogP contribution is 2.43. The van der Waals surface area contributed by atoms with Crippen LogP contribution in [-0.4, -0.2) is 28.6 Å². The number of halogens is 5. The van der Waals surface area contributed by atoms with Gasteiger partial charge in [-0.1, -0.05) is 0 Å². The molecule has 25 heavy (non-hydrogen) atoms. The van der Waals surface area contributed by atoms with Crippen molar-refractivity contribution in [3.8, 4) is 11.5 Å². The van der Waals surface area contributed by atoms with Gasteiger partial charge in [0, 0.05) is 6.42 Å². The molecule has 0 spiro atoms. The van der Waals surface area contributed by atoms with Gasteiger partial charge in [0.15, 0.2) is 17.3 Å². The van der Waals surface area contributed by atoms with Gasteiger partial charge in [-0.2, -0.15) is 13.2 Å². The summed E-state index contributed by atoms with van der Waals surface area (Å²) in [6.45, 7) is -3.54. The number of pyridine rings is 1. The van der Waals surface area contributed by atoms with E-state index in [0.29, 0.717) is 6.07 Å². The van der Waals surface area contributed by atoms with Crippen LogP contribution in [0.25, 0.3) is 10.9 Å². The van der Waals surface area contributed by atoms with Gasteiger partial charge >= 0.3 is 12.8 Å². The number of aromatic nitrogens is 1. The quantitative estimate of drug-likeness (QED) is 0.665. The summed E-state index contributed by atoms with van der Waals surface area (Å²) in [5.41, 5.74) is -1.82. The largest absolute Gasteiger partial charge is 0.511 e. The predicted molar refractivity (Wildman–Crippen MR) is 72.0 cm³/mol. The number of carbonyl (C=O) groups is 1. The highest BCUT2D eigenvalue weighted by molar-refractivity contribution is 5.87. The molecular weight excluding hydrogens is 357 g/mol. The molecule has 1 saturated carbocycles. The Morgan fingerprint density at radius 3 is 2.52 bits per heavy atom. The normalized spacial score (nSPS) is 19.3. The van der Waals surface area contributed by atoms with Crippen molar-refractivity contribution in [3.63, 3.8) is 0 Å². The van der Waals surface area contributed by atoms with Crippen LogP contribution in [-0.2, 0) is 0 Å². The zero-order valence-corrected chi connectivity index (χ0v) is 12.0. The van der Waals surface area contributed by atoms with E-state index in [0.717, 1.165) is 10.8 Å². The van der Waals surface area contributed by atoms with Crippen molar-refractivity contribution in [2.24, 2.45) is 0 Å². The van der Waals surface area contributed by atoms with Crippen molar-refractivity contribution >= 4 is 17.1 Å². The van der Waals surface area contributed by atoms with Crippen molar-refractivity contribution in [2.75, 3.05) is 0 Å². The van der Waals surface area contributed by atoms with Gasteiger partial charge in [0.05, 0.1) is 23.1 Å². The summed E-state index contributed by atoms with van der Waals surface area (Å²) in [7, 11) is 0. The molecule has 0 saturated heterocycles. The molecular formula is C14H8F5NO5. The van der Waals surface area contributed by atoms with E-state index in [-0.39, 0.29) is 6.42 Å². The minimum atomic E-state index is -3.54. The lowest BCUT2D eigenvalue weighted by Gasteiger charge is -2.16. The summed E-state index contributed by atoms with van der Waals surface area (Å²) in [5.74, 6) is -5.55. The minimum absolute atomic E-state index is 0.0996. The Balaban J connectivity index is 2.38. The van der Waals surface area contributed by atoms with Gasteiger partial charge in [0.2, 0.25) is 11.2 Å². The van der Waals surface area contributed by atoms with Gasteiger partial charge in [0.1, 0.15) is 6.17 Å². The number of alkyl halides is 3. The summed E-state index contributed by atoms with van der Waals surface area (Å²) in [6, 6.07) is -0.615. The second-order valence-corrected chi connectivity index (χ2v) is 5.19. The summed E-state index contributed by atoms with van der Waals surface area (Å²) < 4.78 is 75.2. The van der Waals surface area contributed by atoms with Gasteiger partial charge in [-0.05, 0) is 6.07 Å². The zero-order chi connectivity index (χ0) is 18.5. The first-order valence-corrected chi connectivity index (χ1v) is 6.77. The molecule has 0 bridgehead atoms. The van der Waals surface area contributed by atoms with E-state index in [1.54, 1.807) is 0 Å². The van der Waals surface area contributed by atoms with Crippen LogP contribution in [0.2, 0.25) is 0 Å². The van der Waals surface area contributed by atoms with E-state index in [1.165, 1.54) is 0 Å². The Morgan fingerprint density at radius 2 is 2.00 bits per heavy atom. The lowest BCUT2D eigenvalue weighted by atomic mass is 10.1. The molecule has 1 heterocycles. The van der Waals surface area contributed by atoms with E-state index in [1.807, 2.05) is 0 Å². The number of ether oxygens (including phenoxy) is 2. The first-order chi connectivity index (χ1) is 11.7. The monoisotopic (exact) mass is 365 g/mol. The lowest BCUT2D eigenvalue weighted by molar-refractivity contribution is -0.0516. The molecule has 1 aliphatic rings. The van der Waals surface area contributed by atoms with Crippen molar-refractivity contribution in [1.82, 2.24) is 4.57 Å². The summed E-state index contributed by atoms with van der Waals surface area (Å²) in [6.07, 6.45) is -2.69. The van der Waals surface area contributed by atoms with E-state index in [2.05, 4.69) is 9.47 Å². The third-order valence-corrected chi connectivity index (χ3v) is 3.58. The average molecular weight is 365 g/mol. The first-order valence-electron chi connectivity index (χ1n) is 6.77. The van der Waals surface area contributed by atoms with Gasteiger partial charge in [0.25, 0.3) is 0 Å². The maximum atomic E-state index is 13.9. The SMILES string of the molecule is O=C(O)Oc1cn([C@@H]2C[C@H]2F)c2c(OC(F)F)c(F)c(F)cc2c1=O. The Labute approximate surface area is 135 Å². The van der Waals surface area contributed by atoms with E-state index in [4.69, 9.17) is 5.11 Å². The van der Waals surface area contributed by atoms with Crippen molar-refractivity contribution < 1.29 is 41.3 Å². The topological polar surface area (TPSA) is 77.8 Å². The van der Waals surface area contributed by atoms with Gasteiger partial charge in [-0.3, -0.25) is 4.79 Å². The highest BCUT2D eigenvalue weighted by atomic mass is 19.3. The molecule has 3 rings (SSSR count). The standard InChI is InChI=1S/C14H8F5NO5/c15-5-2-7(5)20-3-8(24-14(22)23)11(21)4-1-6(16)9(17)12(10(4)20)25-13(18)19/h1,3,5,7,13H,2H2,(H,22,23)/t5-,7-/m1/s1. The molecule has 134 valence electrons. The maximum Gasteiger partial charge on any atom is 0.511 e. The van der Waals surface area contributed by atoms with Crippen LogP contribution in [0.3, 0.4) is 0 Å². The second kappa shape index (κ2) is 5.90. The molecule has 2 aromatic rings. The van der Waals surface area contributed by atoms with Gasteiger partial charge in [-0.25, -0.2) is 13.6 Å². The second-order valence-electron chi connectivity index (χ2n) is 5.19. The molecule has 6 nitrogen and oxygen atoms in total. The molecule has 1 N–H and O–H groups in total. The average Bonchev–Trinajstić information content (AvgIpc) is 3.23. The van der Waals surface area contributed by atoms with Crippen molar-refractivity contribution in [2.45, 2.75) is 25.2 Å². The molecule has 2 atom stereocenters. The van der Waals surface area contributed by atoms with Crippen LogP contribution in [0.15, 0.2) is 17.1 Å². The Morgan fingerprint density at radius 1 is 1.36 bits per heavy atom. The summed E-state index contributed by atoms with van der Waals surface area (Å²) in [4.78, 5) is 22.9. The Bertz CT molecular complexity index is 928. The Kier molecular flexibility index (Phi) is 4.01. The predicted octanol–water partition coefficient (Wildman–Crippen LogP) is 3.22. The molecule has 0 aliphatic heterocycles. The molecule has 1 aromatic carbocycles. The van der Waals surface area contributed by atoms with Crippen LogP contribution in [0.5, 0.6) is 11.5 Å². The van der Waals surface area contributed by atoms with Crippen molar-refractivity contribution in [3.05, 3.63) is 34.1 Å².